The predicted octanol–water partition coefficient (Wildman–Crippen LogP) is 14.0. The Bertz CT molecular complexity index is 3320. The Hall–Kier alpha value is -7.73. The molecule has 11 nitrogen and oxygen atoms in total. The van der Waals surface area contributed by atoms with Crippen molar-refractivity contribution >= 4 is 50.1 Å². The standard InChI is InChI=1S/C65H70N2O9/c1-6-8-29-74-31-17-27-66(64(72)46-19-11-10-12-20-46)40-48-33-43(3)35-56(61(48)70)58-37-45(5)38-59(63(58)76-42-60(68)69)57-36-44(4)34-49(62(57)71)41-67(28-18-32-75-30-9-7-2)65(73)47-25-26-54-52-23-14-13-21-50(52)51-22-15-16-24-53(51)55(54)39-47/h10-16,19-26,33-39,70-71H,6-9,17-18,27-32,40-42H2,1-5H3,(H,68,69). The molecule has 0 spiro atoms. The van der Waals surface area contributed by atoms with E-state index in [1.165, 1.54) is 0 Å². The molecule has 0 aliphatic carbocycles. The summed E-state index contributed by atoms with van der Waals surface area (Å²) < 4.78 is 18.0. The average Bonchev–Trinajstić information content (AvgIpc) is 3.45. The van der Waals surface area contributed by atoms with Crippen molar-refractivity contribution in [2.24, 2.45) is 0 Å². The molecule has 76 heavy (non-hydrogen) atoms. The molecule has 0 aromatic heterocycles. The largest absolute Gasteiger partial charge is 0.507 e. The number of phenols is 2. The summed E-state index contributed by atoms with van der Waals surface area (Å²) in [4.78, 5) is 44.8. The molecule has 394 valence electrons. The van der Waals surface area contributed by atoms with Crippen molar-refractivity contribution in [2.75, 3.05) is 46.1 Å². The van der Waals surface area contributed by atoms with Gasteiger partial charge in [0, 0.05) is 97.1 Å². The topological polar surface area (TPSA) is 146 Å². The number of unbranched alkanes of at least 4 members (excludes halogenated alkanes) is 2. The Morgan fingerprint density at radius 1 is 0.461 bits per heavy atom. The number of ether oxygens (including phenoxy) is 3. The maximum absolute atomic E-state index is 15.0. The van der Waals surface area contributed by atoms with Crippen LogP contribution < -0.4 is 4.74 Å². The molecule has 0 aliphatic heterocycles. The molecule has 2 amide bonds. The number of carbonyl (C=O) groups is 3. The lowest BCUT2D eigenvalue weighted by Crippen LogP contribution is -2.32. The van der Waals surface area contributed by atoms with Crippen molar-refractivity contribution in [2.45, 2.75) is 86.2 Å². The maximum atomic E-state index is 15.0. The summed E-state index contributed by atoms with van der Waals surface area (Å²) >= 11 is 0. The average molecular weight is 1020 g/mol. The Kier molecular flexibility index (Phi) is 18.4. The lowest BCUT2D eigenvalue weighted by molar-refractivity contribution is -0.139. The van der Waals surface area contributed by atoms with Gasteiger partial charge in [0.05, 0.1) is 0 Å². The smallest absolute Gasteiger partial charge is 0.341 e. The SMILES string of the molecule is CCCCOCCCN(Cc1cc(C)cc(-c2cc(C)cc(-c3cc(C)cc(CN(CCCOCCCC)C(=O)c4ccc5c6ccccc6c6ccccc6c5c4)c3O)c2OCC(=O)O)c1O)C(=O)c1ccccc1. The lowest BCUT2D eigenvalue weighted by Gasteiger charge is -2.26. The van der Waals surface area contributed by atoms with Crippen LogP contribution in [0.2, 0.25) is 0 Å². The molecule has 0 saturated heterocycles. The molecule has 0 unspecified atom stereocenters. The van der Waals surface area contributed by atoms with E-state index in [4.69, 9.17) is 14.2 Å². The van der Waals surface area contributed by atoms with Crippen molar-refractivity contribution in [3.63, 3.8) is 0 Å². The molecule has 3 N–H and O–H groups in total. The molecule has 0 bridgehead atoms. The highest BCUT2D eigenvalue weighted by Gasteiger charge is 2.26. The fourth-order valence-corrected chi connectivity index (χ4v) is 10.1. The highest BCUT2D eigenvalue weighted by atomic mass is 16.5. The summed E-state index contributed by atoms with van der Waals surface area (Å²) in [6, 6.07) is 42.5. The van der Waals surface area contributed by atoms with Crippen LogP contribution in [0, 0.1) is 20.8 Å². The second-order valence-electron chi connectivity index (χ2n) is 19.8. The van der Waals surface area contributed by atoms with Gasteiger partial charge in [0.15, 0.2) is 6.61 Å². The highest BCUT2D eigenvalue weighted by Crippen LogP contribution is 2.48. The normalized spacial score (nSPS) is 11.4. The van der Waals surface area contributed by atoms with Crippen molar-refractivity contribution in [1.29, 1.82) is 0 Å². The summed E-state index contributed by atoms with van der Waals surface area (Å²) in [5.74, 6) is -1.65. The fraction of sp³-hybridized carbons (Fsp3) is 0.308. The van der Waals surface area contributed by atoms with Gasteiger partial charge in [-0.15, -0.1) is 0 Å². The Morgan fingerprint density at radius 3 is 1.34 bits per heavy atom. The van der Waals surface area contributed by atoms with Gasteiger partial charge in [-0.05, 0) is 144 Å². The molecular weight excluding hydrogens is 953 g/mol. The van der Waals surface area contributed by atoms with E-state index in [1.807, 2.05) is 118 Å². The van der Waals surface area contributed by atoms with Crippen LogP contribution in [0.5, 0.6) is 17.2 Å². The van der Waals surface area contributed by atoms with Gasteiger partial charge >= 0.3 is 5.97 Å². The molecule has 0 saturated carbocycles. The lowest BCUT2D eigenvalue weighted by atomic mass is 9.90. The number of aliphatic carboxylic acids is 1. The Labute approximate surface area is 446 Å². The molecule has 0 radical (unpaired) electrons. The summed E-state index contributed by atoms with van der Waals surface area (Å²) in [5, 5.41) is 41.3. The Morgan fingerprint density at radius 2 is 0.868 bits per heavy atom. The van der Waals surface area contributed by atoms with Crippen LogP contribution in [0.1, 0.15) is 101 Å². The monoisotopic (exact) mass is 1020 g/mol. The number of aryl methyl sites for hydroxylation is 3. The molecular formula is C65H70N2O9. The minimum Gasteiger partial charge on any atom is -0.507 e. The molecule has 8 rings (SSSR count). The zero-order chi connectivity index (χ0) is 53.7. The third-order valence-electron chi connectivity index (χ3n) is 13.8. The molecule has 0 heterocycles. The number of fused-ring (bicyclic) bond motifs is 6. The van der Waals surface area contributed by atoms with E-state index in [1.54, 1.807) is 21.9 Å². The van der Waals surface area contributed by atoms with E-state index in [2.05, 4.69) is 38.1 Å². The van der Waals surface area contributed by atoms with Gasteiger partial charge in [0.1, 0.15) is 17.2 Å². The quantitative estimate of drug-likeness (QED) is 0.0376. The molecule has 8 aromatic rings. The predicted molar refractivity (Wildman–Crippen MR) is 304 cm³/mol. The first-order valence-corrected chi connectivity index (χ1v) is 26.6. The minimum atomic E-state index is -1.21. The number of hydrogen-bond donors (Lipinski definition) is 3. The van der Waals surface area contributed by atoms with E-state index in [0.29, 0.717) is 96.9 Å². The van der Waals surface area contributed by atoms with Gasteiger partial charge in [-0.25, -0.2) is 4.79 Å². The first-order chi connectivity index (χ1) is 36.9. The van der Waals surface area contributed by atoms with E-state index in [9.17, 15) is 29.7 Å². The Balaban J connectivity index is 1.18. The van der Waals surface area contributed by atoms with E-state index in [0.717, 1.165) is 74.7 Å². The number of nitrogens with zero attached hydrogens (tertiary/aromatic N) is 2. The van der Waals surface area contributed by atoms with Gasteiger partial charge in [-0.1, -0.05) is 112 Å². The first-order valence-electron chi connectivity index (χ1n) is 26.6. The molecule has 0 fully saturated rings. The van der Waals surface area contributed by atoms with Crippen LogP contribution in [-0.2, 0) is 27.4 Å². The van der Waals surface area contributed by atoms with Crippen LogP contribution >= 0.6 is 0 Å². The number of rotatable bonds is 25. The van der Waals surface area contributed by atoms with Gasteiger partial charge in [-0.2, -0.15) is 0 Å². The van der Waals surface area contributed by atoms with Crippen molar-refractivity contribution in [3.05, 3.63) is 172 Å². The number of benzene rings is 8. The van der Waals surface area contributed by atoms with Crippen molar-refractivity contribution in [1.82, 2.24) is 9.80 Å². The van der Waals surface area contributed by atoms with Crippen LogP contribution in [0.25, 0.3) is 54.6 Å². The maximum Gasteiger partial charge on any atom is 0.341 e. The number of hydrogen-bond acceptors (Lipinski definition) is 8. The van der Waals surface area contributed by atoms with E-state index in [-0.39, 0.29) is 42.2 Å². The summed E-state index contributed by atoms with van der Waals surface area (Å²) in [7, 11) is 0. The van der Waals surface area contributed by atoms with Gasteiger partial charge in [-0.3, -0.25) is 9.59 Å². The van der Waals surface area contributed by atoms with Gasteiger partial charge in [0.25, 0.3) is 11.8 Å². The van der Waals surface area contributed by atoms with Crippen LogP contribution in [0.3, 0.4) is 0 Å². The van der Waals surface area contributed by atoms with Gasteiger partial charge in [0.2, 0.25) is 0 Å². The summed E-state index contributed by atoms with van der Waals surface area (Å²) in [5.41, 5.74) is 5.89. The molecule has 0 atom stereocenters. The van der Waals surface area contributed by atoms with E-state index >= 15 is 0 Å². The van der Waals surface area contributed by atoms with E-state index < -0.39 is 12.6 Å². The van der Waals surface area contributed by atoms with Crippen LogP contribution in [0.15, 0.2) is 133 Å². The third kappa shape index (κ3) is 12.8. The van der Waals surface area contributed by atoms with Crippen LogP contribution in [0.4, 0.5) is 0 Å². The zero-order valence-corrected chi connectivity index (χ0v) is 44.5. The fourth-order valence-electron chi connectivity index (χ4n) is 10.1. The third-order valence-corrected chi connectivity index (χ3v) is 13.8. The number of carboxylic acid groups (broad SMARTS) is 1. The zero-order valence-electron chi connectivity index (χ0n) is 44.5. The number of aromatic hydroxyl groups is 2. The molecule has 11 heteroatoms. The number of carbonyl (C=O) groups excluding carboxylic acids is 2. The number of amides is 2. The van der Waals surface area contributed by atoms with Crippen molar-refractivity contribution in [3.8, 4) is 39.5 Å². The molecule has 0 aliphatic rings. The summed E-state index contributed by atoms with van der Waals surface area (Å²) in [6.45, 7) is 12.3. The highest BCUT2D eigenvalue weighted by molar-refractivity contribution is 6.26. The minimum absolute atomic E-state index is 0.0555. The van der Waals surface area contributed by atoms with Crippen molar-refractivity contribution < 1.29 is 43.9 Å². The second-order valence-corrected chi connectivity index (χ2v) is 19.8. The summed E-state index contributed by atoms with van der Waals surface area (Å²) in [6.07, 6.45) is 5.08. The number of carboxylic acids is 1. The van der Waals surface area contributed by atoms with Crippen LogP contribution in [-0.4, -0.2) is 89.0 Å². The van der Waals surface area contributed by atoms with Gasteiger partial charge < -0.3 is 39.3 Å². The first kappa shape index (κ1) is 54.5. The number of phenolic OH excluding ortho intramolecular Hbond substituents is 2. The molecule has 8 aromatic carbocycles. The second kappa shape index (κ2) is 25.7.